The van der Waals surface area contributed by atoms with Crippen molar-refractivity contribution >= 4 is 5.97 Å². The quantitative estimate of drug-likeness (QED) is 0.793. The molecule has 0 saturated heterocycles. The molecule has 14 heavy (non-hydrogen) atoms. The molecule has 0 bridgehead atoms. The monoisotopic (exact) mass is 194 g/mol. The average molecular weight is 194 g/mol. The molecule has 1 unspecified atom stereocenters. The van der Waals surface area contributed by atoms with Gasteiger partial charge in [0.2, 0.25) is 0 Å². The first-order valence-corrected chi connectivity index (χ1v) is 4.68. The predicted octanol–water partition coefficient (Wildman–Crippen LogP) is 1.76. The molecule has 76 valence electrons. The number of hydrogen-bond donors (Lipinski definition) is 1. The fourth-order valence-corrected chi connectivity index (χ4v) is 1.07. The summed E-state index contributed by atoms with van der Waals surface area (Å²) in [5, 5.41) is 8.71. The van der Waals surface area contributed by atoms with Gasteiger partial charge in [-0.3, -0.25) is 0 Å². The molecule has 1 rings (SSSR count). The van der Waals surface area contributed by atoms with Crippen LogP contribution in [0, 0.1) is 5.92 Å². The molecule has 0 aromatic carbocycles. The van der Waals surface area contributed by atoms with Crippen LogP contribution in [0.5, 0.6) is 0 Å². The molecule has 0 fully saturated rings. The molecule has 1 heterocycles. The van der Waals surface area contributed by atoms with Gasteiger partial charge in [-0.1, -0.05) is 20.3 Å². The molecule has 0 saturated carbocycles. The van der Waals surface area contributed by atoms with E-state index in [0.29, 0.717) is 11.7 Å². The normalized spacial score (nSPS) is 12.4. The van der Waals surface area contributed by atoms with Gasteiger partial charge in [0.25, 0.3) is 0 Å². The lowest BCUT2D eigenvalue weighted by Crippen LogP contribution is -2.07. The van der Waals surface area contributed by atoms with E-state index in [1.807, 2.05) is 0 Å². The van der Waals surface area contributed by atoms with E-state index in [1.54, 1.807) is 0 Å². The maximum absolute atomic E-state index is 10.6. The summed E-state index contributed by atoms with van der Waals surface area (Å²) < 4.78 is 0. The van der Waals surface area contributed by atoms with Crippen LogP contribution < -0.4 is 0 Å². The lowest BCUT2D eigenvalue weighted by atomic mass is 10.1. The Kier molecular flexibility index (Phi) is 3.56. The Balaban J connectivity index is 2.78. The highest BCUT2D eigenvalue weighted by molar-refractivity contribution is 5.85. The van der Waals surface area contributed by atoms with Gasteiger partial charge in [0.1, 0.15) is 5.82 Å². The number of aromatic carboxylic acids is 1. The van der Waals surface area contributed by atoms with Crippen LogP contribution in [0.3, 0.4) is 0 Å². The molecule has 0 amide bonds. The fourth-order valence-electron chi connectivity index (χ4n) is 1.07. The SMILES string of the molecule is CCC(C)Cc1nccc(C(=O)O)n1. The Morgan fingerprint density at radius 1 is 1.64 bits per heavy atom. The zero-order valence-corrected chi connectivity index (χ0v) is 8.40. The van der Waals surface area contributed by atoms with Gasteiger partial charge in [-0.2, -0.15) is 0 Å². The second kappa shape index (κ2) is 4.69. The first kappa shape index (κ1) is 10.6. The van der Waals surface area contributed by atoms with Crippen LogP contribution in [0.2, 0.25) is 0 Å². The number of rotatable bonds is 4. The highest BCUT2D eigenvalue weighted by Gasteiger charge is 2.08. The van der Waals surface area contributed by atoms with Crippen molar-refractivity contribution in [2.45, 2.75) is 26.7 Å². The molecule has 4 nitrogen and oxygen atoms in total. The third kappa shape index (κ3) is 2.80. The maximum Gasteiger partial charge on any atom is 0.354 e. The summed E-state index contributed by atoms with van der Waals surface area (Å²) in [7, 11) is 0. The van der Waals surface area contributed by atoms with Crippen LogP contribution in [-0.2, 0) is 6.42 Å². The molecule has 0 aliphatic rings. The molecule has 4 heteroatoms. The van der Waals surface area contributed by atoms with E-state index in [2.05, 4.69) is 23.8 Å². The minimum atomic E-state index is -1.00. The van der Waals surface area contributed by atoms with E-state index < -0.39 is 5.97 Å². The summed E-state index contributed by atoms with van der Waals surface area (Å²) in [5.74, 6) is 0.0936. The van der Waals surface area contributed by atoms with Gasteiger partial charge >= 0.3 is 5.97 Å². The molecule has 0 spiro atoms. The van der Waals surface area contributed by atoms with Crippen LogP contribution in [0.25, 0.3) is 0 Å². The smallest absolute Gasteiger partial charge is 0.354 e. The summed E-state index contributed by atoms with van der Waals surface area (Å²) in [6.45, 7) is 4.18. The number of carboxylic acid groups (broad SMARTS) is 1. The molecule has 0 aliphatic carbocycles. The first-order valence-electron chi connectivity index (χ1n) is 4.68. The Bertz CT molecular complexity index is 326. The summed E-state index contributed by atoms with van der Waals surface area (Å²) in [6, 6.07) is 1.41. The van der Waals surface area contributed by atoms with Crippen molar-refractivity contribution in [3.63, 3.8) is 0 Å². The van der Waals surface area contributed by atoms with Gasteiger partial charge < -0.3 is 5.11 Å². The molecule has 0 radical (unpaired) electrons. The van der Waals surface area contributed by atoms with Gasteiger partial charge in [-0.25, -0.2) is 14.8 Å². The van der Waals surface area contributed by atoms with E-state index in [4.69, 9.17) is 5.11 Å². The lowest BCUT2D eigenvalue weighted by Gasteiger charge is -2.06. The van der Waals surface area contributed by atoms with Gasteiger partial charge in [0.15, 0.2) is 5.69 Å². The maximum atomic E-state index is 10.6. The predicted molar refractivity (Wildman–Crippen MR) is 52.2 cm³/mol. The molecule has 1 aromatic heterocycles. The lowest BCUT2D eigenvalue weighted by molar-refractivity contribution is 0.0690. The third-order valence-electron chi connectivity index (χ3n) is 2.15. The Hall–Kier alpha value is -1.45. The number of carbonyl (C=O) groups is 1. The van der Waals surface area contributed by atoms with Gasteiger partial charge in [0.05, 0.1) is 0 Å². The van der Waals surface area contributed by atoms with Crippen LogP contribution in [-0.4, -0.2) is 21.0 Å². The zero-order valence-electron chi connectivity index (χ0n) is 8.40. The Morgan fingerprint density at radius 3 is 2.93 bits per heavy atom. The van der Waals surface area contributed by atoms with Crippen molar-refractivity contribution in [2.24, 2.45) is 5.92 Å². The molecule has 1 aromatic rings. The topological polar surface area (TPSA) is 63.1 Å². The van der Waals surface area contributed by atoms with Gasteiger partial charge in [0, 0.05) is 12.6 Å². The van der Waals surface area contributed by atoms with E-state index in [0.717, 1.165) is 12.8 Å². The molecular formula is C10H14N2O2. The Labute approximate surface area is 83.0 Å². The van der Waals surface area contributed by atoms with Crippen molar-refractivity contribution < 1.29 is 9.90 Å². The van der Waals surface area contributed by atoms with Crippen molar-refractivity contribution in [2.75, 3.05) is 0 Å². The summed E-state index contributed by atoms with van der Waals surface area (Å²) in [6.07, 6.45) is 3.27. The average Bonchev–Trinajstić information content (AvgIpc) is 2.18. The van der Waals surface area contributed by atoms with Crippen LogP contribution in [0.4, 0.5) is 0 Å². The minimum absolute atomic E-state index is 0.0679. The summed E-state index contributed by atoms with van der Waals surface area (Å²) in [4.78, 5) is 18.6. The van der Waals surface area contributed by atoms with Crippen LogP contribution in [0.15, 0.2) is 12.3 Å². The fraction of sp³-hybridized carbons (Fsp3) is 0.500. The molecular weight excluding hydrogens is 180 g/mol. The van der Waals surface area contributed by atoms with Crippen molar-refractivity contribution in [3.8, 4) is 0 Å². The zero-order chi connectivity index (χ0) is 10.6. The number of hydrogen-bond acceptors (Lipinski definition) is 3. The van der Waals surface area contributed by atoms with Gasteiger partial charge in [-0.15, -0.1) is 0 Å². The van der Waals surface area contributed by atoms with Crippen molar-refractivity contribution in [3.05, 3.63) is 23.8 Å². The molecule has 0 aliphatic heterocycles. The second-order valence-electron chi connectivity index (χ2n) is 3.38. The number of nitrogens with zero attached hydrogens (tertiary/aromatic N) is 2. The number of carboxylic acids is 1. The van der Waals surface area contributed by atoms with E-state index in [9.17, 15) is 4.79 Å². The molecule has 1 N–H and O–H groups in total. The second-order valence-corrected chi connectivity index (χ2v) is 3.38. The summed E-state index contributed by atoms with van der Waals surface area (Å²) >= 11 is 0. The highest BCUT2D eigenvalue weighted by Crippen LogP contribution is 2.07. The summed E-state index contributed by atoms with van der Waals surface area (Å²) in [5.41, 5.74) is 0.0679. The third-order valence-corrected chi connectivity index (χ3v) is 2.15. The first-order chi connectivity index (χ1) is 6.63. The molecule has 1 atom stereocenters. The standard InChI is InChI=1S/C10H14N2O2/c1-3-7(2)6-9-11-5-4-8(12-9)10(13)14/h4-5,7H,3,6H2,1-2H3,(H,13,14). The minimum Gasteiger partial charge on any atom is -0.477 e. The van der Waals surface area contributed by atoms with E-state index in [1.165, 1.54) is 12.3 Å². The van der Waals surface area contributed by atoms with Crippen LogP contribution in [0.1, 0.15) is 36.6 Å². The van der Waals surface area contributed by atoms with E-state index >= 15 is 0 Å². The van der Waals surface area contributed by atoms with Crippen molar-refractivity contribution in [1.29, 1.82) is 0 Å². The van der Waals surface area contributed by atoms with Gasteiger partial charge in [-0.05, 0) is 12.0 Å². The number of aromatic nitrogens is 2. The largest absolute Gasteiger partial charge is 0.477 e. The Morgan fingerprint density at radius 2 is 2.36 bits per heavy atom. The van der Waals surface area contributed by atoms with Crippen molar-refractivity contribution in [1.82, 2.24) is 9.97 Å². The van der Waals surface area contributed by atoms with Crippen LogP contribution >= 0.6 is 0 Å². The highest BCUT2D eigenvalue weighted by atomic mass is 16.4. The van der Waals surface area contributed by atoms with E-state index in [-0.39, 0.29) is 5.69 Å².